The molecule has 0 aromatic rings. The molecular formula is C15H29NO2. The fourth-order valence-electron chi connectivity index (χ4n) is 3.16. The highest BCUT2D eigenvalue weighted by atomic mass is 16.3. The highest BCUT2D eigenvalue weighted by Crippen LogP contribution is 2.42. The number of nitrogens with zero attached hydrogens (tertiary/aromatic N) is 1. The van der Waals surface area contributed by atoms with Gasteiger partial charge in [0.15, 0.2) is 0 Å². The maximum atomic E-state index is 10.5. The van der Waals surface area contributed by atoms with Crippen LogP contribution >= 0.6 is 0 Å². The van der Waals surface area contributed by atoms with Crippen molar-refractivity contribution in [2.75, 3.05) is 0 Å². The average Bonchev–Trinajstić information content (AvgIpc) is 2.38. The first-order valence-electron chi connectivity index (χ1n) is 7.50. The third-order valence-electron chi connectivity index (χ3n) is 4.78. The predicted molar refractivity (Wildman–Crippen MR) is 75.5 cm³/mol. The minimum absolute atomic E-state index is 0.0685. The molecule has 1 aliphatic rings. The molecule has 0 bridgehead atoms. The van der Waals surface area contributed by atoms with E-state index in [1.165, 1.54) is 6.42 Å². The van der Waals surface area contributed by atoms with E-state index in [1.807, 2.05) is 6.92 Å². The van der Waals surface area contributed by atoms with E-state index in [1.54, 1.807) is 0 Å². The maximum Gasteiger partial charge on any atom is 0.0920 e. The van der Waals surface area contributed by atoms with Gasteiger partial charge in [-0.2, -0.15) is 4.91 Å². The van der Waals surface area contributed by atoms with Crippen LogP contribution in [0.2, 0.25) is 0 Å². The number of hydrogen-bond donors (Lipinski definition) is 1. The summed E-state index contributed by atoms with van der Waals surface area (Å²) in [7, 11) is 0. The fraction of sp³-hybridized carbons (Fsp3) is 1.00. The number of rotatable bonds is 7. The van der Waals surface area contributed by atoms with Gasteiger partial charge < -0.3 is 5.11 Å². The first-order chi connectivity index (χ1) is 8.49. The van der Waals surface area contributed by atoms with Gasteiger partial charge in [-0.25, -0.2) is 0 Å². The molecule has 18 heavy (non-hydrogen) atoms. The molecule has 0 saturated heterocycles. The highest BCUT2D eigenvalue weighted by molar-refractivity contribution is 4.85. The second-order valence-corrected chi connectivity index (χ2v) is 6.55. The van der Waals surface area contributed by atoms with Crippen molar-refractivity contribution >= 4 is 0 Å². The largest absolute Gasteiger partial charge is 0.393 e. The lowest BCUT2D eigenvalue weighted by molar-refractivity contribution is 0.116. The number of hydrogen-bond acceptors (Lipinski definition) is 3. The zero-order chi connectivity index (χ0) is 13.6. The van der Waals surface area contributed by atoms with E-state index in [0.29, 0.717) is 11.3 Å². The molecule has 0 heterocycles. The summed E-state index contributed by atoms with van der Waals surface area (Å²) in [6.07, 6.45) is 8.14. The fourth-order valence-corrected chi connectivity index (χ4v) is 3.16. The SMILES string of the molecule is CCC(O)CCCC(C)(C)C1CCC(N=O)CC1. The summed E-state index contributed by atoms with van der Waals surface area (Å²) in [6, 6.07) is 0.0685. The lowest BCUT2D eigenvalue weighted by atomic mass is 9.68. The first kappa shape index (κ1) is 15.6. The molecule has 1 fully saturated rings. The number of nitroso groups, excluding NO2 is 1. The van der Waals surface area contributed by atoms with E-state index in [4.69, 9.17) is 0 Å². The van der Waals surface area contributed by atoms with Crippen LogP contribution in [-0.2, 0) is 0 Å². The van der Waals surface area contributed by atoms with E-state index in [0.717, 1.165) is 44.9 Å². The zero-order valence-electron chi connectivity index (χ0n) is 12.2. The third-order valence-corrected chi connectivity index (χ3v) is 4.78. The van der Waals surface area contributed by atoms with Crippen LogP contribution < -0.4 is 0 Å². The van der Waals surface area contributed by atoms with Crippen LogP contribution in [0.15, 0.2) is 5.18 Å². The van der Waals surface area contributed by atoms with Gasteiger partial charge in [-0.15, -0.1) is 0 Å². The average molecular weight is 255 g/mol. The summed E-state index contributed by atoms with van der Waals surface area (Å²) < 4.78 is 0. The molecule has 3 heteroatoms. The van der Waals surface area contributed by atoms with Crippen molar-refractivity contribution in [1.29, 1.82) is 0 Å². The summed E-state index contributed by atoms with van der Waals surface area (Å²) in [6.45, 7) is 6.71. The van der Waals surface area contributed by atoms with Gasteiger partial charge in [0.1, 0.15) is 0 Å². The Hall–Kier alpha value is -0.440. The molecular weight excluding hydrogens is 226 g/mol. The molecule has 0 aromatic carbocycles. The van der Waals surface area contributed by atoms with Crippen molar-refractivity contribution in [2.24, 2.45) is 16.5 Å². The molecule has 0 aromatic heterocycles. The van der Waals surface area contributed by atoms with Crippen LogP contribution in [0.1, 0.15) is 72.1 Å². The van der Waals surface area contributed by atoms with E-state index >= 15 is 0 Å². The minimum atomic E-state index is -0.129. The van der Waals surface area contributed by atoms with Crippen LogP contribution in [0.3, 0.4) is 0 Å². The van der Waals surface area contributed by atoms with E-state index in [9.17, 15) is 10.0 Å². The van der Waals surface area contributed by atoms with Gasteiger partial charge >= 0.3 is 0 Å². The Balaban J connectivity index is 2.32. The van der Waals surface area contributed by atoms with Crippen molar-refractivity contribution in [2.45, 2.75) is 84.3 Å². The molecule has 0 radical (unpaired) electrons. The lowest BCUT2D eigenvalue weighted by Crippen LogP contribution is -2.29. The number of aliphatic hydroxyl groups is 1. The number of aliphatic hydroxyl groups excluding tert-OH is 1. The Labute approximate surface area is 111 Å². The highest BCUT2D eigenvalue weighted by Gasteiger charge is 2.33. The lowest BCUT2D eigenvalue weighted by Gasteiger charge is -2.38. The Morgan fingerprint density at radius 2 is 1.89 bits per heavy atom. The molecule has 1 aliphatic carbocycles. The quantitative estimate of drug-likeness (QED) is 0.690. The summed E-state index contributed by atoms with van der Waals surface area (Å²) in [4.78, 5) is 10.5. The summed E-state index contributed by atoms with van der Waals surface area (Å²) >= 11 is 0. The summed E-state index contributed by atoms with van der Waals surface area (Å²) in [5.74, 6) is 0.717. The second-order valence-electron chi connectivity index (χ2n) is 6.55. The predicted octanol–water partition coefficient (Wildman–Crippen LogP) is 4.28. The van der Waals surface area contributed by atoms with E-state index < -0.39 is 0 Å². The smallest absolute Gasteiger partial charge is 0.0920 e. The van der Waals surface area contributed by atoms with Gasteiger partial charge in [0.05, 0.1) is 12.1 Å². The summed E-state index contributed by atoms with van der Waals surface area (Å²) in [5.41, 5.74) is 0.335. The minimum Gasteiger partial charge on any atom is -0.393 e. The van der Waals surface area contributed by atoms with Gasteiger partial charge in [0.25, 0.3) is 0 Å². The van der Waals surface area contributed by atoms with Gasteiger partial charge in [-0.3, -0.25) is 0 Å². The topological polar surface area (TPSA) is 49.7 Å². The standard InChI is InChI=1S/C15H29NO2/c1-4-14(17)6-5-11-15(2,3)12-7-9-13(16-18)10-8-12/h12-14,17H,4-11H2,1-3H3. The molecule has 1 saturated carbocycles. The van der Waals surface area contributed by atoms with Crippen LogP contribution in [0.5, 0.6) is 0 Å². The summed E-state index contributed by atoms with van der Waals surface area (Å²) in [5, 5.41) is 12.8. The van der Waals surface area contributed by atoms with E-state index in [-0.39, 0.29) is 12.1 Å². The second kappa shape index (κ2) is 7.22. The molecule has 3 nitrogen and oxygen atoms in total. The Morgan fingerprint density at radius 1 is 1.28 bits per heavy atom. The van der Waals surface area contributed by atoms with Gasteiger partial charge in [0.2, 0.25) is 0 Å². The third kappa shape index (κ3) is 4.68. The van der Waals surface area contributed by atoms with Crippen molar-refractivity contribution in [1.82, 2.24) is 0 Å². The Bertz CT molecular complexity index is 245. The maximum absolute atomic E-state index is 10.5. The molecule has 1 atom stereocenters. The van der Waals surface area contributed by atoms with Gasteiger partial charge in [-0.05, 0) is 56.3 Å². The van der Waals surface area contributed by atoms with Crippen LogP contribution in [0, 0.1) is 16.2 Å². The Morgan fingerprint density at radius 3 is 2.39 bits per heavy atom. The first-order valence-corrected chi connectivity index (χ1v) is 7.50. The van der Waals surface area contributed by atoms with E-state index in [2.05, 4.69) is 19.0 Å². The van der Waals surface area contributed by atoms with Crippen molar-refractivity contribution in [3.05, 3.63) is 4.91 Å². The monoisotopic (exact) mass is 255 g/mol. The van der Waals surface area contributed by atoms with Crippen LogP contribution in [-0.4, -0.2) is 17.3 Å². The molecule has 0 aliphatic heterocycles. The van der Waals surface area contributed by atoms with Crippen molar-refractivity contribution < 1.29 is 5.11 Å². The Kier molecular flexibility index (Phi) is 6.27. The molecule has 0 amide bonds. The van der Waals surface area contributed by atoms with Crippen LogP contribution in [0.4, 0.5) is 0 Å². The molecule has 1 rings (SSSR count). The molecule has 0 spiro atoms. The van der Waals surface area contributed by atoms with Crippen molar-refractivity contribution in [3.8, 4) is 0 Å². The molecule has 106 valence electrons. The normalized spacial score (nSPS) is 26.9. The van der Waals surface area contributed by atoms with Crippen LogP contribution in [0.25, 0.3) is 0 Å². The van der Waals surface area contributed by atoms with Gasteiger partial charge in [-0.1, -0.05) is 32.4 Å². The molecule has 1 N–H and O–H groups in total. The zero-order valence-corrected chi connectivity index (χ0v) is 12.2. The van der Waals surface area contributed by atoms with Crippen molar-refractivity contribution in [3.63, 3.8) is 0 Å². The van der Waals surface area contributed by atoms with Gasteiger partial charge in [0, 0.05) is 0 Å². The molecule has 1 unspecified atom stereocenters.